The normalized spacial score (nSPS) is 10.3. The predicted octanol–water partition coefficient (Wildman–Crippen LogP) is 5.38. The summed E-state index contributed by atoms with van der Waals surface area (Å²) >= 11 is 0. The van der Waals surface area contributed by atoms with Gasteiger partial charge in [0.25, 0.3) is 0 Å². The molecule has 0 unspecified atom stereocenters. The molecule has 0 spiro atoms. The van der Waals surface area contributed by atoms with Gasteiger partial charge in [0.1, 0.15) is 13.2 Å². The lowest BCUT2D eigenvalue weighted by Gasteiger charge is -2.03. The molecule has 0 bridgehead atoms. The van der Waals surface area contributed by atoms with Crippen LogP contribution in [0, 0.1) is 0 Å². The molecule has 2 aromatic rings. The Morgan fingerprint density at radius 1 is 0.733 bits per heavy atom. The smallest absolute Gasteiger partial charge is 0.330 e. The average Bonchev–Trinajstić information content (AvgIpc) is 2.76. The Balaban J connectivity index is 1.69. The van der Waals surface area contributed by atoms with Crippen molar-refractivity contribution in [2.75, 3.05) is 13.2 Å². The lowest BCUT2D eigenvalue weighted by molar-refractivity contribution is -0.145. The highest BCUT2D eigenvalue weighted by atomic mass is 16.6. The Morgan fingerprint density at radius 2 is 1.10 bits per heavy atom. The number of hydrogen-bond donors (Lipinski definition) is 0. The largest absolute Gasteiger partial charge is 0.459 e. The molecule has 0 saturated heterocycles. The average molecular weight is 404 g/mol. The molecule has 0 heterocycles. The van der Waals surface area contributed by atoms with Crippen LogP contribution in [-0.2, 0) is 19.1 Å². The lowest BCUT2D eigenvalue weighted by atomic mass is 10.2. The van der Waals surface area contributed by atoms with Gasteiger partial charge in [-0.1, -0.05) is 58.8 Å². The highest BCUT2D eigenvalue weighted by molar-refractivity contribution is 5.88. The molecule has 0 radical (unpaired) electrons. The quantitative estimate of drug-likeness (QED) is 0.137. The number of nitrogens with zero attached hydrogens (tertiary/aromatic N) is 6. The molecule has 0 aliphatic carbocycles. The van der Waals surface area contributed by atoms with Crippen molar-refractivity contribution in [1.82, 2.24) is 0 Å². The second kappa shape index (κ2) is 12.0. The van der Waals surface area contributed by atoms with E-state index in [4.69, 9.17) is 20.5 Å². The first-order valence-corrected chi connectivity index (χ1v) is 8.61. The van der Waals surface area contributed by atoms with Gasteiger partial charge in [-0.25, -0.2) is 9.59 Å². The summed E-state index contributed by atoms with van der Waals surface area (Å²) in [5.74, 6) is -1.17. The maximum absolute atomic E-state index is 11.7. The van der Waals surface area contributed by atoms with E-state index in [1.54, 1.807) is 60.7 Å². The van der Waals surface area contributed by atoms with Crippen LogP contribution in [0.25, 0.3) is 33.0 Å². The van der Waals surface area contributed by atoms with E-state index in [1.165, 1.54) is 12.2 Å². The van der Waals surface area contributed by atoms with Gasteiger partial charge in [0.2, 0.25) is 0 Å². The van der Waals surface area contributed by atoms with E-state index in [0.717, 1.165) is 11.1 Å². The Hall–Kier alpha value is -4.52. The lowest BCUT2D eigenvalue weighted by Crippen LogP contribution is -2.11. The summed E-state index contributed by atoms with van der Waals surface area (Å²) in [6.07, 6.45) is 5.57. The van der Waals surface area contributed by atoms with Crippen molar-refractivity contribution in [2.45, 2.75) is 0 Å². The van der Waals surface area contributed by atoms with Crippen molar-refractivity contribution in [1.29, 1.82) is 0 Å². The summed E-state index contributed by atoms with van der Waals surface area (Å²) in [5.41, 5.74) is 19.1. The van der Waals surface area contributed by atoms with Crippen LogP contribution in [0.4, 0.5) is 11.4 Å². The topological polar surface area (TPSA) is 150 Å². The first kappa shape index (κ1) is 21.8. The first-order chi connectivity index (χ1) is 14.6. The molecule has 0 saturated carbocycles. The van der Waals surface area contributed by atoms with Gasteiger partial charge in [-0.15, -0.1) is 0 Å². The molecule has 0 aliphatic rings. The number of carbonyl (C=O) groups excluding carboxylic acids is 2. The fourth-order valence-electron chi connectivity index (χ4n) is 2.12. The molecule has 150 valence electrons. The van der Waals surface area contributed by atoms with Gasteiger partial charge < -0.3 is 9.47 Å². The van der Waals surface area contributed by atoms with Crippen LogP contribution in [0.3, 0.4) is 0 Å². The zero-order chi connectivity index (χ0) is 21.6. The molecule has 2 rings (SSSR count). The zero-order valence-electron chi connectivity index (χ0n) is 15.7. The molecule has 10 nitrogen and oxygen atoms in total. The van der Waals surface area contributed by atoms with Gasteiger partial charge in [0.05, 0.1) is 0 Å². The van der Waals surface area contributed by atoms with Gasteiger partial charge in [0, 0.05) is 33.4 Å². The number of azide groups is 2. The molecule has 0 atom stereocenters. The summed E-state index contributed by atoms with van der Waals surface area (Å²) < 4.78 is 9.88. The molecule has 0 amide bonds. The van der Waals surface area contributed by atoms with Crippen molar-refractivity contribution in [3.63, 3.8) is 0 Å². The highest BCUT2D eigenvalue weighted by Crippen LogP contribution is 2.15. The van der Waals surface area contributed by atoms with Gasteiger partial charge in [-0.05, 0) is 34.3 Å². The number of rotatable bonds is 9. The minimum atomic E-state index is -0.583. The molecule has 0 fully saturated rings. The van der Waals surface area contributed by atoms with Crippen LogP contribution < -0.4 is 0 Å². The van der Waals surface area contributed by atoms with Crippen LogP contribution in [-0.4, -0.2) is 25.2 Å². The Kier molecular flexibility index (Phi) is 8.74. The Labute approximate surface area is 171 Å². The number of benzene rings is 2. The van der Waals surface area contributed by atoms with Gasteiger partial charge >= 0.3 is 11.9 Å². The number of ether oxygens (including phenoxy) is 2. The maximum atomic E-state index is 11.7. The summed E-state index contributed by atoms with van der Waals surface area (Å²) in [7, 11) is 0. The van der Waals surface area contributed by atoms with E-state index in [0.29, 0.717) is 11.4 Å². The van der Waals surface area contributed by atoms with Crippen molar-refractivity contribution >= 4 is 35.5 Å². The summed E-state index contributed by atoms with van der Waals surface area (Å²) in [6, 6.07) is 13.2. The van der Waals surface area contributed by atoms with Crippen LogP contribution >= 0.6 is 0 Å². The molecular weight excluding hydrogens is 388 g/mol. The van der Waals surface area contributed by atoms with E-state index in [-0.39, 0.29) is 13.2 Å². The SMILES string of the molecule is [N-]=[N+]=Nc1ccc(C=CC(=O)OCCOC(=O)C=Cc2ccc(N=[N+]=[N-])cc2)cc1. The molecule has 0 aliphatic heterocycles. The second-order valence-corrected chi connectivity index (χ2v) is 5.56. The third-order valence-electron chi connectivity index (χ3n) is 3.50. The first-order valence-electron chi connectivity index (χ1n) is 8.61. The number of esters is 2. The van der Waals surface area contributed by atoms with Crippen LogP contribution in [0.5, 0.6) is 0 Å². The molecule has 2 aromatic carbocycles. The zero-order valence-corrected chi connectivity index (χ0v) is 15.7. The summed E-state index contributed by atoms with van der Waals surface area (Å²) in [5, 5.41) is 6.90. The second-order valence-electron chi connectivity index (χ2n) is 5.56. The fraction of sp³-hybridized carbons (Fsp3) is 0.100. The van der Waals surface area contributed by atoms with Crippen molar-refractivity contribution in [3.05, 3.63) is 92.7 Å². The summed E-state index contributed by atoms with van der Waals surface area (Å²) in [6.45, 7) is -0.168. The van der Waals surface area contributed by atoms with E-state index < -0.39 is 11.9 Å². The number of hydrogen-bond acceptors (Lipinski definition) is 6. The number of carbonyl (C=O) groups is 2. The molecule has 0 aromatic heterocycles. The fourth-order valence-corrected chi connectivity index (χ4v) is 2.12. The van der Waals surface area contributed by atoms with E-state index in [9.17, 15) is 9.59 Å². The van der Waals surface area contributed by atoms with Crippen LogP contribution in [0.1, 0.15) is 11.1 Å². The van der Waals surface area contributed by atoms with Crippen molar-refractivity contribution in [3.8, 4) is 0 Å². The van der Waals surface area contributed by atoms with Gasteiger partial charge in [-0.2, -0.15) is 0 Å². The van der Waals surface area contributed by atoms with Crippen molar-refractivity contribution in [2.24, 2.45) is 10.2 Å². The molecule has 10 heteroatoms. The molecule has 30 heavy (non-hydrogen) atoms. The Bertz CT molecular complexity index is 946. The van der Waals surface area contributed by atoms with Crippen molar-refractivity contribution < 1.29 is 19.1 Å². The third-order valence-corrected chi connectivity index (χ3v) is 3.50. The van der Waals surface area contributed by atoms with Gasteiger partial charge in [0.15, 0.2) is 0 Å². The molecule has 0 N–H and O–H groups in total. The van der Waals surface area contributed by atoms with Crippen LogP contribution in [0.2, 0.25) is 0 Å². The van der Waals surface area contributed by atoms with Gasteiger partial charge in [-0.3, -0.25) is 0 Å². The van der Waals surface area contributed by atoms with E-state index >= 15 is 0 Å². The standard InChI is InChI=1S/C20H16N6O4/c21-25-23-17-7-1-15(2-8-17)5-11-19(27)29-13-14-30-20(28)12-6-16-3-9-18(10-4-16)24-26-22/h1-12H,13-14H2. The van der Waals surface area contributed by atoms with E-state index in [2.05, 4.69) is 20.1 Å². The molecular formula is C20H16N6O4. The predicted molar refractivity (Wildman–Crippen MR) is 110 cm³/mol. The minimum Gasteiger partial charge on any atom is -0.459 e. The van der Waals surface area contributed by atoms with Crippen LogP contribution in [0.15, 0.2) is 70.9 Å². The maximum Gasteiger partial charge on any atom is 0.330 e. The Morgan fingerprint density at radius 3 is 1.43 bits per heavy atom. The van der Waals surface area contributed by atoms with E-state index in [1.807, 2.05) is 0 Å². The highest BCUT2D eigenvalue weighted by Gasteiger charge is 2.01. The monoisotopic (exact) mass is 404 g/mol. The summed E-state index contributed by atoms with van der Waals surface area (Å²) in [4.78, 5) is 28.7. The minimum absolute atomic E-state index is 0.0839. The third kappa shape index (κ3) is 8.01.